The number of morpholine rings is 1. The first-order chi connectivity index (χ1) is 14.6. The van der Waals surface area contributed by atoms with E-state index in [9.17, 15) is 0 Å². The van der Waals surface area contributed by atoms with Crippen LogP contribution in [0.2, 0.25) is 0 Å². The molecule has 166 valence electrons. The van der Waals surface area contributed by atoms with Crippen LogP contribution in [0.1, 0.15) is 12.0 Å². The molecule has 3 aromatic carbocycles. The molecule has 0 aliphatic carbocycles. The zero-order chi connectivity index (χ0) is 21.0. The second kappa shape index (κ2) is 10.8. The Morgan fingerprint density at radius 2 is 1.71 bits per heavy atom. The first-order valence-electron chi connectivity index (χ1n) is 10.4. The second-order valence-electron chi connectivity index (χ2n) is 7.77. The zero-order valence-corrected chi connectivity index (χ0v) is 20.7. The lowest BCUT2D eigenvalue weighted by Gasteiger charge is -2.41. The molecule has 4 rings (SSSR count). The molecule has 0 spiro atoms. The fourth-order valence-corrected chi connectivity index (χ4v) is 4.07. The number of thiol groups is 1. The summed E-state index contributed by atoms with van der Waals surface area (Å²) in [5.74, 6) is 0.966. The standard InChI is InChI=1S/C25H29NO3S.BrH/c1-26-12-14-29-25(18-26,28-13-3-15-30)23-9-6-19(7-10-23)20-4-5-22-17-24(27-2)11-8-21(22)16-20;/h4-11,16-17,30H,3,12-15,18H2,1-2H3;1H. The predicted molar refractivity (Wildman–Crippen MR) is 136 cm³/mol. The second-order valence-corrected chi connectivity index (χ2v) is 8.22. The minimum Gasteiger partial charge on any atom is -0.497 e. The summed E-state index contributed by atoms with van der Waals surface area (Å²) in [6, 6.07) is 21.2. The number of hydrogen-bond acceptors (Lipinski definition) is 5. The van der Waals surface area contributed by atoms with Gasteiger partial charge in [-0.05, 0) is 59.3 Å². The number of halogens is 1. The average molecular weight is 504 g/mol. The van der Waals surface area contributed by atoms with Crippen molar-refractivity contribution < 1.29 is 14.2 Å². The van der Waals surface area contributed by atoms with Crippen molar-refractivity contribution in [3.8, 4) is 16.9 Å². The average Bonchev–Trinajstić information content (AvgIpc) is 2.78. The number of likely N-dealkylation sites (N-methyl/N-ethyl adjacent to an activating group) is 1. The highest BCUT2D eigenvalue weighted by molar-refractivity contribution is 8.93. The predicted octanol–water partition coefficient (Wildman–Crippen LogP) is 5.54. The summed E-state index contributed by atoms with van der Waals surface area (Å²) in [7, 11) is 3.80. The Kier molecular flexibility index (Phi) is 8.42. The van der Waals surface area contributed by atoms with Crippen molar-refractivity contribution in [3.63, 3.8) is 0 Å². The molecule has 1 aliphatic rings. The molecule has 0 amide bonds. The molecule has 6 heteroatoms. The van der Waals surface area contributed by atoms with E-state index >= 15 is 0 Å². The highest BCUT2D eigenvalue weighted by Gasteiger charge is 2.38. The van der Waals surface area contributed by atoms with Crippen molar-refractivity contribution in [2.24, 2.45) is 0 Å². The third-order valence-electron chi connectivity index (χ3n) is 5.63. The molecule has 0 bridgehead atoms. The molecule has 31 heavy (non-hydrogen) atoms. The van der Waals surface area contributed by atoms with Gasteiger partial charge in [0.25, 0.3) is 0 Å². The third-order valence-corrected chi connectivity index (χ3v) is 5.95. The van der Waals surface area contributed by atoms with E-state index in [1.54, 1.807) is 7.11 Å². The van der Waals surface area contributed by atoms with Gasteiger partial charge in [0.15, 0.2) is 0 Å². The van der Waals surface area contributed by atoms with E-state index < -0.39 is 5.79 Å². The molecular formula is C25H30BrNO3S. The normalized spacial score (nSPS) is 19.2. The van der Waals surface area contributed by atoms with E-state index in [2.05, 4.69) is 79.2 Å². The summed E-state index contributed by atoms with van der Waals surface area (Å²) in [4.78, 5) is 2.26. The van der Waals surface area contributed by atoms with Gasteiger partial charge in [-0.2, -0.15) is 12.6 Å². The van der Waals surface area contributed by atoms with Gasteiger partial charge in [-0.25, -0.2) is 0 Å². The quantitative estimate of drug-likeness (QED) is 0.338. The number of benzene rings is 3. The van der Waals surface area contributed by atoms with E-state index in [4.69, 9.17) is 14.2 Å². The lowest BCUT2D eigenvalue weighted by molar-refractivity contribution is -0.274. The van der Waals surface area contributed by atoms with Gasteiger partial charge >= 0.3 is 0 Å². The smallest absolute Gasteiger partial charge is 0.208 e. The first kappa shape index (κ1) is 24.1. The summed E-state index contributed by atoms with van der Waals surface area (Å²) in [5.41, 5.74) is 3.42. The van der Waals surface area contributed by atoms with Gasteiger partial charge in [-0.3, -0.25) is 4.90 Å². The Labute approximate surface area is 200 Å². The molecule has 1 aliphatic heterocycles. The zero-order valence-electron chi connectivity index (χ0n) is 18.0. The minimum atomic E-state index is -0.714. The Morgan fingerprint density at radius 3 is 2.42 bits per heavy atom. The Hall–Kier alpha value is -1.57. The topological polar surface area (TPSA) is 30.9 Å². The van der Waals surface area contributed by atoms with Crippen molar-refractivity contribution in [1.82, 2.24) is 4.90 Å². The number of nitrogens with zero attached hydrogens (tertiary/aromatic N) is 1. The SMILES string of the molecule is Br.COc1ccc2cc(-c3ccc(C4(OCCCS)CN(C)CCO4)cc3)ccc2c1. The number of ether oxygens (including phenoxy) is 3. The summed E-state index contributed by atoms with van der Waals surface area (Å²) in [6.45, 7) is 2.93. The number of methoxy groups -OCH3 is 1. The summed E-state index contributed by atoms with van der Waals surface area (Å²) < 4.78 is 17.8. The van der Waals surface area contributed by atoms with Crippen LogP contribution in [-0.2, 0) is 15.3 Å². The molecule has 0 aromatic heterocycles. The summed E-state index contributed by atoms with van der Waals surface area (Å²) in [6.07, 6.45) is 0.901. The maximum Gasteiger partial charge on any atom is 0.208 e. The van der Waals surface area contributed by atoms with Gasteiger partial charge in [-0.15, -0.1) is 17.0 Å². The Balaban J connectivity index is 0.00000272. The van der Waals surface area contributed by atoms with E-state index in [0.29, 0.717) is 13.2 Å². The van der Waals surface area contributed by atoms with Crippen LogP contribution >= 0.6 is 29.6 Å². The van der Waals surface area contributed by atoms with E-state index in [1.807, 2.05) is 6.07 Å². The number of hydrogen-bond donors (Lipinski definition) is 1. The summed E-state index contributed by atoms with van der Waals surface area (Å²) in [5, 5.41) is 2.37. The van der Waals surface area contributed by atoms with Gasteiger partial charge in [0.2, 0.25) is 5.79 Å². The lowest BCUT2D eigenvalue weighted by atomic mass is 9.97. The monoisotopic (exact) mass is 503 g/mol. The third kappa shape index (κ3) is 5.44. The fraction of sp³-hybridized carbons (Fsp3) is 0.360. The van der Waals surface area contributed by atoms with Crippen LogP contribution in [0.25, 0.3) is 21.9 Å². The van der Waals surface area contributed by atoms with Gasteiger partial charge in [0.1, 0.15) is 5.75 Å². The van der Waals surface area contributed by atoms with Crippen LogP contribution in [0.5, 0.6) is 5.75 Å². The largest absolute Gasteiger partial charge is 0.497 e. The highest BCUT2D eigenvalue weighted by atomic mass is 79.9. The van der Waals surface area contributed by atoms with Gasteiger partial charge in [-0.1, -0.05) is 42.5 Å². The molecule has 1 unspecified atom stereocenters. The van der Waals surface area contributed by atoms with Crippen molar-refractivity contribution in [2.45, 2.75) is 12.2 Å². The molecule has 3 aromatic rings. The molecule has 1 saturated heterocycles. The van der Waals surface area contributed by atoms with Crippen LogP contribution in [0.3, 0.4) is 0 Å². The number of fused-ring (bicyclic) bond motifs is 1. The maximum absolute atomic E-state index is 6.27. The van der Waals surface area contributed by atoms with Crippen molar-refractivity contribution in [1.29, 1.82) is 0 Å². The summed E-state index contributed by atoms with van der Waals surface area (Å²) >= 11 is 4.30. The molecule has 4 nitrogen and oxygen atoms in total. The molecule has 1 heterocycles. The van der Waals surface area contributed by atoms with E-state index in [-0.39, 0.29) is 17.0 Å². The Morgan fingerprint density at radius 1 is 1.00 bits per heavy atom. The van der Waals surface area contributed by atoms with Crippen molar-refractivity contribution in [3.05, 3.63) is 66.2 Å². The minimum absolute atomic E-state index is 0. The fourth-order valence-electron chi connectivity index (χ4n) is 3.94. The van der Waals surface area contributed by atoms with Crippen molar-refractivity contribution in [2.75, 3.05) is 46.2 Å². The van der Waals surface area contributed by atoms with Gasteiger partial charge in [0.05, 0.1) is 26.9 Å². The van der Waals surface area contributed by atoms with Gasteiger partial charge < -0.3 is 14.2 Å². The van der Waals surface area contributed by atoms with Crippen LogP contribution in [0, 0.1) is 0 Å². The van der Waals surface area contributed by atoms with E-state index in [1.165, 1.54) is 21.9 Å². The van der Waals surface area contributed by atoms with Gasteiger partial charge in [0, 0.05) is 12.1 Å². The highest BCUT2D eigenvalue weighted by Crippen LogP contribution is 2.33. The molecular weight excluding hydrogens is 474 g/mol. The molecule has 0 radical (unpaired) electrons. The van der Waals surface area contributed by atoms with Crippen molar-refractivity contribution >= 4 is 40.4 Å². The Bertz CT molecular complexity index is 998. The maximum atomic E-state index is 6.27. The lowest BCUT2D eigenvalue weighted by Crippen LogP contribution is -2.50. The van der Waals surface area contributed by atoms with E-state index in [0.717, 1.165) is 36.6 Å². The van der Waals surface area contributed by atoms with Crippen LogP contribution in [0.4, 0.5) is 0 Å². The number of rotatable bonds is 7. The molecule has 1 fully saturated rings. The molecule has 0 saturated carbocycles. The van der Waals surface area contributed by atoms with Crippen LogP contribution < -0.4 is 4.74 Å². The van der Waals surface area contributed by atoms with Crippen LogP contribution in [-0.4, -0.2) is 51.1 Å². The van der Waals surface area contributed by atoms with Crippen LogP contribution in [0.15, 0.2) is 60.7 Å². The molecule has 0 N–H and O–H groups in total. The molecule has 1 atom stereocenters. The first-order valence-corrected chi connectivity index (χ1v) is 11.0.